The lowest BCUT2D eigenvalue weighted by molar-refractivity contribution is 0.200. The third kappa shape index (κ3) is 4.96. The summed E-state index contributed by atoms with van der Waals surface area (Å²) < 4.78 is 5.45. The van der Waals surface area contributed by atoms with Gasteiger partial charge >= 0.3 is 0 Å². The summed E-state index contributed by atoms with van der Waals surface area (Å²) in [7, 11) is 0. The molecule has 0 saturated heterocycles. The minimum absolute atomic E-state index is 0.703. The molecule has 108 valence electrons. The molecule has 4 heteroatoms. The van der Waals surface area contributed by atoms with Gasteiger partial charge in [-0.15, -0.1) is 0 Å². The zero-order valence-electron chi connectivity index (χ0n) is 12.5. The van der Waals surface area contributed by atoms with E-state index in [1.54, 1.807) is 0 Å². The monoisotopic (exact) mass is 265 g/mol. The zero-order valence-corrected chi connectivity index (χ0v) is 12.5. The van der Waals surface area contributed by atoms with Crippen LogP contribution in [0.25, 0.3) is 0 Å². The SMILES string of the molecule is CCCNCc1cc(CN(CC(C)C)C2CC2)on1. The summed E-state index contributed by atoms with van der Waals surface area (Å²) in [6.45, 7) is 10.6. The molecule has 1 fully saturated rings. The normalized spacial score (nSPS) is 15.6. The molecule has 0 spiro atoms. The van der Waals surface area contributed by atoms with Crippen LogP contribution in [-0.4, -0.2) is 29.2 Å². The fourth-order valence-corrected chi connectivity index (χ4v) is 2.36. The molecule has 2 rings (SSSR count). The molecule has 0 bridgehead atoms. The molecule has 0 atom stereocenters. The van der Waals surface area contributed by atoms with Gasteiger partial charge in [0.2, 0.25) is 0 Å². The van der Waals surface area contributed by atoms with Gasteiger partial charge in [-0.1, -0.05) is 25.9 Å². The molecular formula is C15H27N3O. The van der Waals surface area contributed by atoms with Crippen LogP contribution in [0.5, 0.6) is 0 Å². The average molecular weight is 265 g/mol. The second kappa shape index (κ2) is 7.06. The van der Waals surface area contributed by atoms with Crippen molar-refractivity contribution in [3.8, 4) is 0 Å². The molecule has 1 N–H and O–H groups in total. The van der Waals surface area contributed by atoms with Crippen molar-refractivity contribution in [2.45, 2.75) is 59.2 Å². The van der Waals surface area contributed by atoms with E-state index in [0.717, 1.165) is 50.1 Å². The molecule has 1 saturated carbocycles. The Hall–Kier alpha value is -0.870. The van der Waals surface area contributed by atoms with Crippen molar-refractivity contribution >= 4 is 0 Å². The van der Waals surface area contributed by atoms with Crippen molar-refractivity contribution in [1.82, 2.24) is 15.4 Å². The van der Waals surface area contributed by atoms with Gasteiger partial charge in [0.25, 0.3) is 0 Å². The Labute approximate surface area is 116 Å². The van der Waals surface area contributed by atoms with Gasteiger partial charge in [0.15, 0.2) is 5.76 Å². The lowest BCUT2D eigenvalue weighted by atomic mass is 10.2. The molecule has 4 nitrogen and oxygen atoms in total. The summed E-state index contributed by atoms with van der Waals surface area (Å²) in [5, 5.41) is 7.49. The maximum absolute atomic E-state index is 5.45. The van der Waals surface area contributed by atoms with Crippen molar-refractivity contribution in [1.29, 1.82) is 0 Å². The van der Waals surface area contributed by atoms with E-state index in [0.29, 0.717) is 5.92 Å². The number of nitrogens with zero attached hydrogens (tertiary/aromatic N) is 2. The van der Waals surface area contributed by atoms with Crippen molar-refractivity contribution < 1.29 is 4.52 Å². The van der Waals surface area contributed by atoms with Crippen LogP contribution in [0.15, 0.2) is 10.6 Å². The zero-order chi connectivity index (χ0) is 13.7. The molecule has 1 aromatic rings. The van der Waals surface area contributed by atoms with Crippen LogP contribution in [0, 0.1) is 5.92 Å². The highest BCUT2D eigenvalue weighted by Gasteiger charge is 2.30. The van der Waals surface area contributed by atoms with Gasteiger partial charge in [-0.05, 0) is 31.7 Å². The minimum Gasteiger partial charge on any atom is -0.360 e. The van der Waals surface area contributed by atoms with E-state index in [9.17, 15) is 0 Å². The Morgan fingerprint density at radius 1 is 1.47 bits per heavy atom. The third-order valence-corrected chi connectivity index (χ3v) is 3.36. The van der Waals surface area contributed by atoms with Crippen molar-refractivity contribution in [3.05, 3.63) is 17.5 Å². The fourth-order valence-electron chi connectivity index (χ4n) is 2.36. The Kier molecular flexibility index (Phi) is 5.40. The Morgan fingerprint density at radius 3 is 2.89 bits per heavy atom. The van der Waals surface area contributed by atoms with Gasteiger partial charge in [-0.25, -0.2) is 0 Å². The predicted octanol–water partition coefficient (Wildman–Crippen LogP) is 2.79. The van der Waals surface area contributed by atoms with E-state index in [1.807, 2.05) is 0 Å². The van der Waals surface area contributed by atoms with E-state index in [-0.39, 0.29) is 0 Å². The molecule has 0 amide bonds. The average Bonchev–Trinajstić information content (AvgIpc) is 3.11. The van der Waals surface area contributed by atoms with Gasteiger partial charge in [-0.2, -0.15) is 0 Å². The second-order valence-corrected chi connectivity index (χ2v) is 6.02. The first-order valence-corrected chi connectivity index (χ1v) is 7.58. The second-order valence-electron chi connectivity index (χ2n) is 6.02. The highest BCUT2D eigenvalue weighted by atomic mass is 16.5. The minimum atomic E-state index is 0.703. The van der Waals surface area contributed by atoms with Crippen LogP contribution in [0.3, 0.4) is 0 Å². The van der Waals surface area contributed by atoms with Crippen molar-refractivity contribution in [2.75, 3.05) is 13.1 Å². The first kappa shape index (κ1) is 14.5. The molecule has 19 heavy (non-hydrogen) atoms. The Bertz CT molecular complexity index is 371. The van der Waals surface area contributed by atoms with E-state index in [4.69, 9.17) is 4.52 Å². The summed E-state index contributed by atoms with van der Waals surface area (Å²) in [5.41, 5.74) is 1.02. The topological polar surface area (TPSA) is 41.3 Å². The molecule has 0 aliphatic heterocycles. The van der Waals surface area contributed by atoms with Crippen LogP contribution in [0.1, 0.15) is 51.5 Å². The first-order valence-electron chi connectivity index (χ1n) is 7.58. The Balaban J connectivity index is 1.83. The molecule has 1 aliphatic rings. The number of nitrogens with one attached hydrogen (secondary N) is 1. The number of rotatable bonds is 9. The van der Waals surface area contributed by atoms with Crippen molar-refractivity contribution in [3.63, 3.8) is 0 Å². The molecule has 1 heterocycles. The molecule has 0 radical (unpaired) electrons. The summed E-state index contributed by atoms with van der Waals surface area (Å²) in [6, 6.07) is 2.87. The predicted molar refractivity (Wildman–Crippen MR) is 76.8 cm³/mol. The highest BCUT2D eigenvalue weighted by Crippen LogP contribution is 2.29. The van der Waals surface area contributed by atoms with E-state index in [1.165, 1.54) is 12.8 Å². The molecule has 0 aromatic carbocycles. The standard InChI is InChI=1S/C15H27N3O/c1-4-7-16-9-13-8-15(19-17-13)11-18(10-12(2)3)14-5-6-14/h8,12,14,16H,4-7,9-11H2,1-3H3. The smallest absolute Gasteiger partial charge is 0.151 e. The fraction of sp³-hybridized carbons (Fsp3) is 0.800. The third-order valence-electron chi connectivity index (χ3n) is 3.36. The lowest BCUT2D eigenvalue weighted by Crippen LogP contribution is -2.29. The summed E-state index contributed by atoms with van der Waals surface area (Å²) in [6.07, 6.45) is 3.83. The van der Waals surface area contributed by atoms with Gasteiger partial charge in [0.1, 0.15) is 0 Å². The van der Waals surface area contributed by atoms with Crippen LogP contribution < -0.4 is 5.32 Å². The number of aromatic nitrogens is 1. The molecule has 1 aliphatic carbocycles. The Morgan fingerprint density at radius 2 is 2.26 bits per heavy atom. The molecule has 0 unspecified atom stereocenters. The van der Waals surface area contributed by atoms with E-state index in [2.05, 4.69) is 42.2 Å². The van der Waals surface area contributed by atoms with Gasteiger partial charge in [0, 0.05) is 25.2 Å². The molecular weight excluding hydrogens is 238 g/mol. The lowest BCUT2D eigenvalue weighted by Gasteiger charge is -2.22. The van der Waals surface area contributed by atoms with Crippen LogP contribution in [0.4, 0.5) is 0 Å². The van der Waals surface area contributed by atoms with Crippen molar-refractivity contribution in [2.24, 2.45) is 5.92 Å². The molecule has 1 aromatic heterocycles. The first-order chi connectivity index (χ1) is 9.19. The maximum atomic E-state index is 5.45. The van der Waals surface area contributed by atoms with Gasteiger partial charge in [-0.3, -0.25) is 4.90 Å². The highest BCUT2D eigenvalue weighted by molar-refractivity contribution is 5.06. The van der Waals surface area contributed by atoms with Gasteiger partial charge < -0.3 is 9.84 Å². The van der Waals surface area contributed by atoms with Crippen LogP contribution >= 0.6 is 0 Å². The summed E-state index contributed by atoms with van der Waals surface area (Å²) >= 11 is 0. The summed E-state index contributed by atoms with van der Waals surface area (Å²) in [4.78, 5) is 2.54. The van der Waals surface area contributed by atoms with Gasteiger partial charge in [0.05, 0.1) is 12.2 Å². The van der Waals surface area contributed by atoms with Crippen LogP contribution in [-0.2, 0) is 13.1 Å². The number of hydrogen-bond acceptors (Lipinski definition) is 4. The van der Waals surface area contributed by atoms with Crippen LogP contribution in [0.2, 0.25) is 0 Å². The number of hydrogen-bond donors (Lipinski definition) is 1. The van der Waals surface area contributed by atoms with E-state index >= 15 is 0 Å². The maximum Gasteiger partial charge on any atom is 0.151 e. The quantitative estimate of drug-likeness (QED) is 0.697. The largest absolute Gasteiger partial charge is 0.360 e. The summed E-state index contributed by atoms with van der Waals surface area (Å²) in [5.74, 6) is 1.70. The van der Waals surface area contributed by atoms with E-state index < -0.39 is 0 Å².